The van der Waals surface area contributed by atoms with Crippen LogP contribution in [0, 0.1) is 13.8 Å². The minimum Gasteiger partial charge on any atom is -0.326 e. The Labute approximate surface area is 165 Å². The molecule has 0 aliphatic carbocycles. The lowest BCUT2D eigenvalue weighted by molar-refractivity contribution is -0.117. The van der Waals surface area contributed by atoms with Crippen molar-refractivity contribution in [2.45, 2.75) is 33.7 Å². The second-order valence-electron chi connectivity index (χ2n) is 6.78. The third-order valence-electron chi connectivity index (χ3n) is 4.14. The molecule has 0 bridgehead atoms. The van der Waals surface area contributed by atoms with E-state index in [1.807, 2.05) is 19.1 Å². The van der Waals surface area contributed by atoms with Gasteiger partial charge in [0.15, 0.2) is 0 Å². The van der Waals surface area contributed by atoms with Gasteiger partial charge in [0.2, 0.25) is 21.8 Å². The molecule has 8 heteroatoms. The fraction of sp³-hybridized carbons (Fsp3) is 0.300. The Morgan fingerprint density at radius 3 is 2.18 bits per heavy atom. The zero-order valence-electron chi connectivity index (χ0n) is 16.6. The monoisotopic (exact) mass is 403 g/mol. The Balaban J connectivity index is 2.32. The highest BCUT2D eigenvalue weighted by molar-refractivity contribution is 7.92. The Hall–Kier alpha value is -2.87. The largest absolute Gasteiger partial charge is 0.326 e. The molecule has 0 fully saturated rings. The van der Waals surface area contributed by atoms with Gasteiger partial charge in [-0.2, -0.15) is 0 Å². The lowest BCUT2D eigenvalue weighted by atomic mass is 10.1. The summed E-state index contributed by atoms with van der Waals surface area (Å²) in [6.07, 6.45) is 1.08. The van der Waals surface area contributed by atoms with Crippen molar-refractivity contribution in [3.63, 3.8) is 0 Å². The number of nitrogens with zero attached hydrogens (tertiary/aromatic N) is 1. The summed E-state index contributed by atoms with van der Waals surface area (Å²) < 4.78 is 26.1. The predicted octanol–water partition coefficient (Wildman–Crippen LogP) is 3.06. The molecular weight excluding hydrogens is 378 g/mol. The van der Waals surface area contributed by atoms with Crippen molar-refractivity contribution in [2.24, 2.45) is 0 Å². The van der Waals surface area contributed by atoms with E-state index in [9.17, 15) is 18.0 Å². The summed E-state index contributed by atoms with van der Waals surface area (Å²) in [4.78, 5) is 24.0. The van der Waals surface area contributed by atoms with E-state index < -0.39 is 22.0 Å². The van der Waals surface area contributed by atoms with Crippen molar-refractivity contribution < 1.29 is 18.0 Å². The van der Waals surface area contributed by atoms with E-state index >= 15 is 0 Å². The minimum atomic E-state index is -3.70. The molecule has 0 radical (unpaired) electrons. The van der Waals surface area contributed by atoms with Crippen molar-refractivity contribution in [1.82, 2.24) is 0 Å². The maximum Gasteiger partial charge on any atom is 0.247 e. The number of sulfonamides is 1. The number of hydrogen-bond donors (Lipinski definition) is 2. The van der Waals surface area contributed by atoms with E-state index in [1.54, 1.807) is 37.3 Å². The van der Waals surface area contributed by atoms with Crippen molar-refractivity contribution in [1.29, 1.82) is 0 Å². The molecule has 2 aromatic carbocycles. The van der Waals surface area contributed by atoms with Gasteiger partial charge in [-0.15, -0.1) is 0 Å². The Morgan fingerprint density at radius 2 is 1.61 bits per heavy atom. The third kappa shape index (κ3) is 5.32. The summed E-state index contributed by atoms with van der Waals surface area (Å²) in [6, 6.07) is 11.1. The van der Waals surface area contributed by atoms with Gasteiger partial charge in [0.05, 0.1) is 11.9 Å². The zero-order valence-corrected chi connectivity index (χ0v) is 17.4. The fourth-order valence-electron chi connectivity index (χ4n) is 2.86. The molecule has 2 aromatic rings. The van der Waals surface area contributed by atoms with Crippen LogP contribution in [0.15, 0.2) is 42.5 Å². The van der Waals surface area contributed by atoms with Crippen molar-refractivity contribution in [3.05, 3.63) is 53.6 Å². The number of carbonyl (C=O) groups is 2. The normalized spacial score (nSPS) is 12.2. The van der Waals surface area contributed by atoms with Gasteiger partial charge in [-0.25, -0.2) is 8.42 Å². The lowest BCUT2D eigenvalue weighted by Gasteiger charge is -2.29. The van der Waals surface area contributed by atoms with Crippen LogP contribution in [-0.2, 0) is 19.6 Å². The second-order valence-corrected chi connectivity index (χ2v) is 8.64. The first kappa shape index (κ1) is 21.4. The Bertz CT molecular complexity index is 1000. The van der Waals surface area contributed by atoms with E-state index in [4.69, 9.17) is 0 Å². The SMILES string of the molecule is CC(=O)Nc1cccc(NC(=O)C(C)N(c2cc(C)ccc2C)S(C)(=O)=O)c1. The quantitative estimate of drug-likeness (QED) is 0.775. The number of anilines is 3. The summed E-state index contributed by atoms with van der Waals surface area (Å²) in [5, 5.41) is 5.35. The Morgan fingerprint density at radius 1 is 1.00 bits per heavy atom. The molecule has 2 rings (SSSR count). The zero-order chi connectivity index (χ0) is 21.1. The number of rotatable bonds is 6. The molecule has 0 aliphatic heterocycles. The van der Waals surface area contributed by atoms with Gasteiger partial charge in [-0.3, -0.25) is 13.9 Å². The van der Waals surface area contributed by atoms with Crippen LogP contribution in [0.2, 0.25) is 0 Å². The van der Waals surface area contributed by atoms with E-state index in [0.717, 1.165) is 21.7 Å². The molecule has 2 N–H and O–H groups in total. The van der Waals surface area contributed by atoms with E-state index in [-0.39, 0.29) is 5.91 Å². The summed E-state index contributed by atoms with van der Waals surface area (Å²) in [5.74, 6) is -0.707. The molecule has 7 nitrogen and oxygen atoms in total. The highest BCUT2D eigenvalue weighted by Gasteiger charge is 2.30. The van der Waals surface area contributed by atoms with Gasteiger partial charge < -0.3 is 10.6 Å². The van der Waals surface area contributed by atoms with E-state index in [0.29, 0.717) is 17.1 Å². The molecule has 2 amide bonds. The van der Waals surface area contributed by atoms with Crippen LogP contribution in [-0.4, -0.2) is 32.5 Å². The molecule has 0 saturated heterocycles. The number of aryl methyl sites for hydroxylation is 2. The molecule has 1 unspecified atom stereocenters. The van der Waals surface area contributed by atoms with Crippen LogP contribution in [0.4, 0.5) is 17.1 Å². The number of amides is 2. The van der Waals surface area contributed by atoms with Gasteiger partial charge in [0, 0.05) is 18.3 Å². The standard InChI is InChI=1S/C20H25N3O4S/c1-13-9-10-14(2)19(11-13)23(28(5,26)27)15(3)20(25)22-18-8-6-7-17(12-18)21-16(4)24/h6-12,15H,1-5H3,(H,21,24)(H,22,25). The summed E-state index contributed by atoms with van der Waals surface area (Å²) >= 11 is 0. The molecule has 0 saturated carbocycles. The highest BCUT2D eigenvalue weighted by Crippen LogP contribution is 2.27. The molecule has 28 heavy (non-hydrogen) atoms. The van der Waals surface area contributed by atoms with Gasteiger partial charge in [0.1, 0.15) is 6.04 Å². The van der Waals surface area contributed by atoms with Crippen LogP contribution < -0.4 is 14.9 Å². The van der Waals surface area contributed by atoms with Crippen LogP contribution in [0.1, 0.15) is 25.0 Å². The summed E-state index contributed by atoms with van der Waals surface area (Å²) in [7, 11) is -3.70. The van der Waals surface area contributed by atoms with Crippen molar-refractivity contribution >= 4 is 38.9 Å². The van der Waals surface area contributed by atoms with Crippen LogP contribution in [0.3, 0.4) is 0 Å². The highest BCUT2D eigenvalue weighted by atomic mass is 32.2. The fourth-order valence-corrected chi connectivity index (χ4v) is 4.09. The second kappa shape index (κ2) is 8.43. The molecule has 0 heterocycles. The maximum atomic E-state index is 12.8. The first-order valence-electron chi connectivity index (χ1n) is 8.74. The molecular formula is C20H25N3O4S. The van der Waals surface area contributed by atoms with Gasteiger partial charge in [0.25, 0.3) is 0 Å². The van der Waals surface area contributed by atoms with E-state index in [2.05, 4.69) is 10.6 Å². The van der Waals surface area contributed by atoms with Crippen molar-refractivity contribution in [3.8, 4) is 0 Å². The molecule has 150 valence electrons. The van der Waals surface area contributed by atoms with Crippen LogP contribution in [0.5, 0.6) is 0 Å². The topological polar surface area (TPSA) is 95.6 Å². The van der Waals surface area contributed by atoms with Crippen molar-refractivity contribution in [2.75, 3.05) is 21.2 Å². The van der Waals surface area contributed by atoms with Crippen LogP contribution >= 0.6 is 0 Å². The predicted molar refractivity (Wildman–Crippen MR) is 112 cm³/mol. The van der Waals surface area contributed by atoms with Gasteiger partial charge in [-0.1, -0.05) is 18.2 Å². The average Bonchev–Trinajstić information content (AvgIpc) is 2.56. The lowest BCUT2D eigenvalue weighted by Crippen LogP contribution is -2.45. The van der Waals surface area contributed by atoms with E-state index in [1.165, 1.54) is 13.8 Å². The Kier molecular flexibility index (Phi) is 6.45. The van der Waals surface area contributed by atoms with Gasteiger partial charge in [-0.05, 0) is 56.2 Å². The molecule has 1 atom stereocenters. The number of benzene rings is 2. The summed E-state index contributed by atoms with van der Waals surface area (Å²) in [6.45, 7) is 6.59. The first-order chi connectivity index (χ1) is 13.0. The van der Waals surface area contributed by atoms with Crippen LogP contribution in [0.25, 0.3) is 0 Å². The van der Waals surface area contributed by atoms with Gasteiger partial charge >= 0.3 is 0 Å². The third-order valence-corrected chi connectivity index (χ3v) is 5.37. The maximum absolute atomic E-state index is 12.8. The average molecular weight is 404 g/mol. The smallest absolute Gasteiger partial charge is 0.247 e. The number of nitrogens with one attached hydrogen (secondary N) is 2. The molecule has 0 aromatic heterocycles. The first-order valence-corrected chi connectivity index (χ1v) is 10.6. The molecule has 0 spiro atoms. The number of hydrogen-bond acceptors (Lipinski definition) is 4. The minimum absolute atomic E-state index is 0.227. The number of carbonyl (C=O) groups excluding carboxylic acids is 2. The molecule has 0 aliphatic rings. The summed E-state index contributed by atoms with van der Waals surface area (Å²) in [5.41, 5.74) is 3.11.